The van der Waals surface area contributed by atoms with E-state index in [0.29, 0.717) is 23.1 Å². The summed E-state index contributed by atoms with van der Waals surface area (Å²) in [7, 11) is -1.24. The van der Waals surface area contributed by atoms with Crippen molar-refractivity contribution in [1.82, 2.24) is 25.1 Å². The van der Waals surface area contributed by atoms with Crippen LogP contribution in [0.25, 0.3) is 10.9 Å². The second-order valence-electron chi connectivity index (χ2n) is 7.10. The maximum Gasteiger partial charge on any atom is 0.234 e. The fourth-order valence-electron chi connectivity index (χ4n) is 3.15. The summed E-state index contributed by atoms with van der Waals surface area (Å²) in [6.45, 7) is 1.96. The first-order valence-electron chi connectivity index (χ1n) is 9.20. The Morgan fingerprint density at radius 2 is 1.94 bits per heavy atom. The molecule has 0 unspecified atom stereocenters. The van der Waals surface area contributed by atoms with E-state index in [1.54, 1.807) is 18.2 Å². The summed E-state index contributed by atoms with van der Waals surface area (Å²) in [6.07, 6.45) is 2.64. The lowest BCUT2D eigenvalue weighted by Gasteiger charge is -2.17. The lowest BCUT2D eigenvalue weighted by atomic mass is 10.2. The number of H-pyrrole nitrogens is 1. The summed E-state index contributed by atoms with van der Waals surface area (Å²) in [5.74, 6) is 0.806. The summed E-state index contributed by atoms with van der Waals surface area (Å²) < 4.78 is 23.1. The molecular formula is C20H22ClN7O2S. The summed E-state index contributed by atoms with van der Waals surface area (Å²) in [5.41, 5.74) is 4.18. The maximum absolute atomic E-state index is 11.5. The zero-order valence-corrected chi connectivity index (χ0v) is 18.8. The molecule has 0 fully saturated rings. The molecule has 0 bridgehead atoms. The Balaban J connectivity index is 0.00000272. The van der Waals surface area contributed by atoms with Gasteiger partial charge in [0.15, 0.2) is 9.84 Å². The second kappa shape index (κ2) is 8.86. The van der Waals surface area contributed by atoms with Crippen LogP contribution in [0.3, 0.4) is 0 Å². The molecule has 0 aliphatic carbocycles. The number of fused-ring (bicyclic) bond motifs is 1. The molecule has 0 saturated heterocycles. The average Bonchev–Trinajstić information content (AvgIpc) is 3.07. The minimum absolute atomic E-state index is 0. The van der Waals surface area contributed by atoms with E-state index < -0.39 is 9.84 Å². The predicted octanol–water partition coefficient (Wildman–Crippen LogP) is 3.53. The number of nitrogens with zero attached hydrogens (tertiary/aromatic N) is 5. The maximum atomic E-state index is 11.5. The van der Waals surface area contributed by atoms with Crippen LogP contribution in [-0.2, 0) is 15.6 Å². The summed E-state index contributed by atoms with van der Waals surface area (Å²) in [6, 6.07) is 13.1. The van der Waals surface area contributed by atoms with Gasteiger partial charge in [0.25, 0.3) is 0 Å². The fraction of sp³-hybridized carbons (Fsp3) is 0.200. The number of aromatic nitrogens is 5. The Morgan fingerprint density at radius 3 is 2.71 bits per heavy atom. The molecule has 0 atom stereocenters. The third-order valence-electron chi connectivity index (χ3n) is 4.60. The predicted molar refractivity (Wildman–Crippen MR) is 124 cm³/mol. The number of anilines is 4. The number of hydrogen-bond acceptors (Lipinski definition) is 8. The zero-order chi connectivity index (χ0) is 21.3. The van der Waals surface area contributed by atoms with Gasteiger partial charge < -0.3 is 10.2 Å². The summed E-state index contributed by atoms with van der Waals surface area (Å²) in [4.78, 5) is 14.8. The minimum atomic E-state index is -3.11. The smallest absolute Gasteiger partial charge is 0.234 e. The van der Waals surface area contributed by atoms with Gasteiger partial charge in [0, 0.05) is 30.1 Å². The number of sulfone groups is 1. The van der Waals surface area contributed by atoms with Crippen molar-refractivity contribution in [2.24, 2.45) is 0 Å². The molecule has 11 heteroatoms. The van der Waals surface area contributed by atoms with Crippen LogP contribution >= 0.6 is 12.4 Å². The van der Waals surface area contributed by atoms with Crippen molar-refractivity contribution in [2.45, 2.75) is 12.7 Å². The topological polar surface area (TPSA) is 117 Å². The lowest BCUT2D eigenvalue weighted by Crippen LogP contribution is -2.14. The molecule has 0 radical (unpaired) electrons. The third-order valence-corrected chi connectivity index (χ3v) is 5.45. The van der Waals surface area contributed by atoms with E-state index in [-0.39, 0.29) is 18.2 Å². The monoisotopic (exact) mass is 459 g/mol. The Morgan fingerprint density at radius 1 is 1.13 bits per heavy atom. The van der Waals surface area contributed by atoms with E-state index in [1.165, 1.54) is 12.6 Å². The van der Waals surface area contributed by atoms with Crippen LogP contribution in [0, 0.1) is 6.92 Å². The van der Waals surface area contributed by atoms with Crippen molar-refractivity contribution in [3.8, 4) is 0 Å². The SMILES string of the molecule is Cc1n[nH]c2cc(N(C)c3ncnc(Nc4cccc(CS(C)(=O)=O)c4)n3)ccc12.Cl. The van der Waals surface area contributed by atoms with Crippen LogP contribution in [0.4, 0.5) is 23.3 Å². The fourth-order valence-corrected chi connectivity index (χ4v) is 3.93. The first-order valence-corrected chi connectivity index (χ1v) is 11.3. The lowest BCUT2D eigenvalue weighted by molar-refractivity contribution is 0.601. The van der Waals surface area contributed by atoms with Crippen LogP contribution < -0.4 is 10.2 Å². The highest BCUT2D eigenvalue weighted by atomic mass is 35.5. The van der Waals surface area contributed by atoms with Crippen LogP contribution in [0.15, 0.2) is 48.8 Å². The molecular weight excluding hydrogens is 438 g/mol. The molecule has 2 N–H and O–H groups in total. The number of aromatic amines is 1. The van der Waals surface area contributed by atoms with Crippen molar-refractivity contribution < 1.29 is 8.42 Å². The Kier molecular flexibility index (Phi) is 6.42. The summed E-state index contributed by atoms with van der Waals surface area (Å²) >= 11 is 0. The van der Waals surface area contributed by atoms with Gasteiger partial charge in [0.1, 0.15) is 6.33 Å². The molecule has 162 valence electrons. The van der Waals surface area contributed by atoms with Crippen molar-refractivity contribution >= 4 is 56.4 Å². The molecule has 4 rings (SSSR count). The normalized spacial score (nSPS) is 11.2. The number of rotatable bonds is 6. The number of benzene rings is 2. The van der Waals surface area contributed by atoms with Gasteiger partial charge >= 0.3 is 0 Å². The van der Waals surface area contributed by atoms with Gasteiger partial charge in [-0.2, -0.15) is 10.1 Å². The van der Waals surface area contributed by atoms with Crippen LogP contribution in [0.2, 0.25) is 0 Å². The largest absolute Gasteiger partial charge is 0.324 e. The molecule has 9 nitrogen and oxygen atoms in total. The van der Waals surface area contributed by atoms with Crippen molar-refractivity contribution in [1.29, 1.82) is 0 Å². The van der Waals surface area contributed by atoms with Crippen LogP contribution in [0.5, 0.6) is 0 Å². The quantitative estimate of drug-likeness (QED) is 0.449. The molecule has 0 saturated carbocycles. The van der Waals surface area contributed by atoms with E-state index >= 15 is 0 Å². The van der Waals surface area contributed by atoms with E-state index in [2.05, 4.69) is 30.5 Å². The minimum Gasteiger partial charge on any atom is -0.324 e. The van der Waals surface area contributed by atoms with Crippen molar-refractivity contribution in [3.63, 3.8) is 0 Å². The van der Waals surface area contributed by atoms with Crippen LogP contribution in [0.1, 0.15) is 11.3 Å². The first kappa shape index (κ1) is 22.4. The highest BCUT2D eigenvalue weighted by Crippen LogP contribution is 2.26. The van der Waals surface area contributed by atoms with Gasteiger partial charge in [-0.15, -0.1) is 12.4 Å². The highest BCUT2D eigenvalue weighted by Gasteiger charge is 2.12. The van der Waals surface area contributed by atoms with Gasteiger partial charge in [0.2, 0.25) is 11.9 Å². The average molecular weight is 460 g/mol. The Bertz CT molecular complexity index is 1320. The van der Waals surface area contributed by atoms with E-state index in [1.807, 2.05) is 43.1 Å². The summed E-state index contributed by atoms with van der Waals surface area (Å²) in [5, 5.41) is 11.4. The van der Waals surface area contributed by atoms with Crippen molar-refractivity contribution in [3.05, 3.63) is 60.0 Å². The Hall–Kier alpha value is -3.24. The molecule has 0 spiro atoms. The number of nitrogens with one attached hydrogen (secondary N) is 2. The molecule has 4 aromatic rings. The molecule has 2 aromatic carbocycles. The van der Waals surface area contributed by atoms with E-state index in [4.69, 9.17) is 0 Å². The molecule has 2 heterocycles. The number of halogens is 1. The second-order valence-corrected chi connectivity index (χ2v) is 9.24. The molecule has 0 aliphatic heterocycles. The van der Waals surface area contributed by atoms with Crippen LogP contribution in [-0.4, -0.2) is 46.9 Å². The Labute approximate surface area is 186 Å². The van der Waals surface area contributed by atoms with Gasteiger partial charge in [-0.1, -0.05) is 12.1 Å². The van der Waals surface area contributed by atoms with Crippen molar-refractivity contribution in [2.75, 3.05) is 23.5 Å². The molecule has 31 heavy (non-hydrogen) atoms. The van der Waals surface area contributed by atoms with Gasteiger partial charge in [-0.3, -0.25) is 5.10 Å². The molecule has 0 amide bonds. The third kappa shape index (κ3) is 5.28. The van der Waals surface area contributed by atoms with Gasteiger partial charge in [-0.05, 0) is 42.8 Å². The number of hydrogen-bond donors (Lipinski definition) is 2. The molecule has 0 aliphatic rings. The first-order chi connectivity index (χ1) is 14.3. The highest BCUT2D eigenvalue weighted by molar-refractivity contribution is 7.89. The van der Waals surface area contributed by atoms with E-state index in [9.17, 15) is 8.42 Å². The van der Waals surface area contributed by atoms with Gasteiger partial charge in [0.05, 0.1) is 17.0 Å². The molecule has 2 aromatic heterocycles. The standard InChI is InChI=1S/C20H21N7O2S.ClH/c1-13-17-8-7-16(10-18(17)26-25-13)27(2)20-22-12-21-19(24-20)23-15-6-4-5-14(9-15)11-30(3,28)29;/h4-10,12H,11H2,1-3H3,(H,25,26)(H,21,22,23,24);1H. The number of aryl methyl sites for hydroxylation is 1. The zero-order valence-electron chi connectivity index (χ0n) is 17.2. The van der Waals surface area contributed by atoms with E-state index in [0.717, 1.165) is 22.3 Å². The van der Waals surface area contributed by atoms with Gasteiger partial charge in [-0.25, -0.2) is 18.4 Å².